The van der Waals surface area contributed by atoms with E-state index in [1.807, 2.05) is 79.1 Å². The molecule has 10 nitrogen and oxygen atoms in total. The molecule has 0 aliphatic carbocycles. The fourth-order valence-corrected chi connectivity index (χ4v) is 6.64. The second kappa shape index (κ2) is 11.9. The largest absolute Gasteiger partial charge is 0.462 e. The van der Waals surface area contributed by atoms with Crippen molar-refractivity contribution in [2.75, 3.05) is 0 Å². The number of para-hydroxylation sites is 2. The van der Waals surface area contributed by atoms with Gasteiger partial charge in [0.25, 0.3) is 0 Å². The number of nitrogens with zero attached hydrogens (tertiary/aromatic N) is 2. The molecule has 0 radical (unpaired) electrons. The number of hydrogen-bond donors (Lipinski definition) is 2. The SMILES string of the molecule is c1coc(-c2oc(CCc3c[nH]c4ccccc34)nc2-c2cc(-c3coc(-c4nc(Cc5c[nH]c6ccccc56)oc4-c4ccco4)c3)co2)c1. The monoisotopic (exact) mass is 672 g/mol. The van der Waals surface area contributed by atoms with Crippen LogP contribution in [0.5, 0.6) is 0 Å². The fourth-order valence-electron chi connectivity index (χ4n) is 6.64. The summed E-state index contributed by atoms with van der Waals surface area (Å²) in [6, 6.07) is 27.6. The van der Waals surface area contributed by atoms with Crippen LogP contribution in [0, 0.1) is 0 Å². The van der Waals surface area contributed by atoms with Crippen LogP contribution in [0.15, 0.2) is 149 Å². The molecule has 8 aromatic heterocycles. The van der Waals surface area contributed by atoms with Crippen molar-refractivity contribution in [3.8, 4) is 57.1 Å². The number of H-pyrrole nitrogens is 2. The van der Waals surface area contributed by atoms with E-state index in [-0.39, 0.29) is 0 Å². The summed E-state index contributed by atoms with van der Waals surface area (Å²) in [6.45, 7) is 0. The summed E-state index contributed by atoms with van der Waals surface area (Å²) in [5, 5.41) is 2.31. The number of oxazole rings is 2. The number of aromatic nitrogens is 4. The molecule has 10 heteroatoms. The van der Waals surface area contributed by atoms with Gasteiger partial charge in [0, 0.05) is 51.7 Å². The van der Waals surface area contributed by atoms with Crippen LogP contribution >= 0.6 is 0 Å². The summed E-state index contributed by atoms with van der Waals surface area (Å²) in [6.07, 6.45) is 12.5. The molecule has 10 aromatic rings. The summed E-state index contributed by atoms with van der Waals surface area (Å²) < 4.78 is 36.2. The molecule has 0 saturated carbocycles. The Morgan fingerprint density at radius 1 is 0.510 bits per heavy atom. The first kappa shape index (κ1) is 29.0. The van der Waals surface area contributed by atoms with Crippen molar-refractivity contribution in [1.82, 2.24) is 19.9 Å². The number of aromatic amines is 2. The number of benzene rings is 2. The minimum Gasteiger partial charge on any atom is -0.462 e. The van der Waals surface area contributed by atoms with E-state index >= 15 is 0 Å². The van der Waals surface area contributed by atoms with Crippen LogP contribution in [0.1, 0.15) is 22.9 Å². The van der Waals surface area contributed by atoms with E-state index in [2.05, 4.69) is 28.2 Å². The predicted molar refractivity (Wildman–Crippen MR) is 190 cm³/mol. The average Bonchev–Trinajstić information content (AvgIpc) is 4.02. The lowest BCUT2D eigenvalue weighted by molar-refractivity contribution is 0.481. The molecular weight excluding hydrogens is 644 g/mol. The van der Waals surface area contributed by atoms with Crippen LogP contribution in [0.3, 0.4) is 0 Å². The fraction of sp³-hybridized carbons (Fsp3) is 0.0732. The van der Waals surface area contributed by atoms with E-state index in [1.165, 1.54) is 10.9 Å². The van der Waals surface area contributed by atoms with E-state index in [9.17, 15) is 0 Å². The molecule has 2 N–H and O–H groups in total. The van der Waals surface area contributed by atoms with Gasteiger partial charge in [0.2, 0.25) is 11.5 Å². The topological polar surface area (TPSA) is 136 Å². The Labute approximate surface area is 289 Å². The van der Waals surface area contributed by atoms with Gasteiger partial charge in [0.05, 0.1) is 31.5 Å². The number of fused-ring (bicyclic) bond motifs is 2. The maximum Gasteiger partial charge on any atom is 0.201 e. The zero-order chi connectivity index (χ0) is 33.7. The predicted octanol–water partition coefficient (Wildman–Crippen LogP) is 10.7. The van der Waals surface area contributed by atoms with Crippen LogP contribution in [-0.2, 0) is 19.3 Å². The third-order valence-electron chi connectivity index (χ3n) is 9.13. The van der Waals surface area contributed by atoms with Crippen molar-refractivity contribution in [2.45, 2.75) is 19.3 Å². The molecule has 10 rings (SSSR count). The molecule has 2 aromatic carbocycles. The molecule has 51 heavy (non-hydrogen) atoms. The van der Waals surface area contributed by atoms with E-state index in [0.717, 1.165) is 39.5 Å². The maximum absolute atomic E-state index is 6.30. The highest BCUT2D eigenvalue weighted by Gasteiger charge is 2.25. The quantitative estimate of drug-likeness (QED) is 0.146. The van der Waals surface area contributed by atoms with Gasteiger partial charge in [0.15, 0.2) is 46.2 Å². The average molecular weight is 673 g/mol. The van der Waals surface area contributed by atoms with Gasteiger partial charge in [0.1, 0.15) is 0 Å². The summed E-state index contributed by atoms with van der Waals surface area (Å²) in [7, 11) is 0. The molecule has 248 valence electrons. The van der Waals surface area contributed by atoms with Gasteiger partial charge in [-0.3, -0.25) is 0 Å². The smallest absolute Gasteiger partial charge is 0.201 e. The van der Waals surface area contributed by atoms with Crippen molar-refractivity contribution in [1.29, 1.82) is 0 Å². The van der Waals surface area contributed by atoms with E-state index in [4.69, 9.17) is 36.5 Å². The Morgan fingerprint density at radius 2 is 1.06 bits per heavy atom. The minimum atomic E-state index is 0.495. The number of nitrogens with one attached hydrogen (secondary N) is 2. The normalized spacial score (nSPS) is 11.8. The van der Waals surface area contributed by atoms with Crippen molar-refractivity contribution < 1.29 is 26.5 Å². The van der Waals surface area contributed by atoms with Gasteiger partial charge in [-0.1, -0.05) is 36.4 Å². The van der Waals surface area contributed by atoms with Crippen LogP contribution in [0.2, 0.25) is 0 Å². The number of rotatable bonds is 10. The van der Waals surface area contributed by atoms with Crippen LogP contribution in [0.25, 0.3) is 78.9 Å². The van der Waals surface area contributed by atoms with E-state index in [1.54, 1.807) is 25.1 Å². The van der Waals surface area contributed by atoms with E-state index in [0.29, 0.717) is 70.6 Å². The minimum absolute atomic E-state index is 0.495. The molecule has 0 amide bonds. The molecule has 0 saturated heterocycles. The molecular formula is C41H28N4O6. The first-order valence-corrected chi connectivity index (χ1v) is 16.6. The lowest BCUT2D eigenvalue weighted by Gasteiger charge is -1.96. The number of hydrogen-bond acceptors (Lipinski definition) is 8. The highest BCUT2D eigenvalue weighted by molar-refractivity contribution is 5.84. The first-order chi connectivity index (χ1) is 25.2. The standard InChI is InChI=1S/C41H28N4O6/c1-3-9-30-28(7-1)24(20-42-30)13-14-36-44-38(40(50-36)32-11-5-15-46-32)34-17-26(22-48-34)27-18-35(49-23-27)39-41(33-12-6-16-47-33)51-37(45-39)19-25-21-43-31-10-4-2-8-29(25)31/h1-12,15-18,20-23,42-43H,13-14,19H2. The number of furan rings is 4. The highest BCUT2D eigenvalue weighted by atomic mass is 16.4. The van der Waals surface area contributed by atoms with Gasteiger partial charge in [-0.15, -0.1) is 0 Å². The molecule has 0 aliphatic heterocycles. The van der Waals surface area contributed by atoms with Crippen molar-refractivity contribution in [3.05, 3.63) is 145 Å². The summed E-state index contributed by atoms with van der Waals surface area (Å²) in [5.41, 5.74) is 7.16. The second-order valence-corrected chi connectivity index (χ2v) is 12.3. The van der Waals surface area contributed by atoms with Gasteiger partial charge in [-0.05, 0) is 66.1 Å². The molecule has 0 atom stereocenters. The van der Waals surface area contributed by atoms with Crippen molar-refractivity contribution in [2.24, 2.45) is 0 Å². The van der Waals surface area contributed by atoms with E-state index < -0.39 is 0 Å². The molecule has 8 heterocycles. The second-order valence-electron chi connectivity index (χ2n) is 12.3. The molecule has 0 spiro atoms. The van der Waals surface area contributed by atoms with Crippen molar-refractivity contribution in [3.63, 3.8) is 0 Å². The highest BCUT2D eigenvalue weighted by Crippen LogP contribution is 2.40. The Morgan fingerprint density at radius 3 is 1.67 bits per heavy atom. The van der Waals surface area contributed by atoms with Crippen molar-refractivity contribution >= 4 is 21.8 Å². The first-order valence-electron chi connectivity index (χ1n) is 16.6. The Balaban J connectivity index is 0.951. The van der Waals surface area contributed by atoms with Crippen LogP contribution in [-0.4, -0.2) is 19.9 Å². The molecule has 0 unspecified atom stereocenters. The Kier molecular flexibility index (Phi) is 6.76. The number of aryl methyl sites for hydroxylation is 2. The van der Waals surface area contributed by atoms with Gasteiger partial charge >= 0.3 is 0 Å². The Hall–Kier alpha value is -6.94. The lowest BCUT2D eigenvalue weighted by Crippen LogP contribution is -1.90. The summed E-state index contributed by atoms with van der Waals surface area (Å²) >= 11 is 0. The third-order valence-corrected chi connectivity index (χ3v) is 9.13. The zero-order valence-electron chi connectivity index (χ0n) is 27.0. The molecule has 0 aliphatic rings. The maximum atomic E-state index is 6.30. The third kappa shape index (κ3) is 5.21. The van der Waals surface area contributed by atoms with Crippen LogP contribution in [0.4, 0.5) is 0 Å². The summed E-state index contributed by atoms with van der Waals surface area (Å²) in [5.74, 6) is 4.34. The Bertz CT molecular complexity index is 2750. The van der Waals surface area contributed by atoms with Gasteiger partial charge < -0.3 is 36.5 Å². The molecule has 0 fully saturated rings. The zero-order valence-corrected chi connectivity index (χ0v) is 27.0. The summed E-state index contributed by atoms with van der Waals surface area (Å²) in [4.78, 5) is 16.4. The van der Waals surface area contributed by atoms with Gasteiger partial charge in [-0.2, -0.15) is 0 Å². The molecule has 0 bridgehead atoms. The lowest BCUT2D eigenvalue weighted by atomic mass is 10.1. The van der Waals surface area contributed by atoms with Crippen LogP contribution < -0.4 is 0 Å². The van der Waals surface area contributed by atoms with Gasteiger partial charge in [-0.25, -0.2) is 9.97 Å².